The minimum atomic E-state index is -0.393. The lowest BCUT2D eigenvalue weighted by atomic mass is 10.1. The highest BCUT2D eigenvalue weighted by Crippen LogP contribution is 2.28. The summed E-state index contributed by atoms with van der Waals surface area (Å²) in [5, 5.41) is 13.6. The van der Waals surface area contributed by atoms with Crippen molar-refractivity contribution in [2.75, 3.05) is 24.9 Å². The van der Waals surface area contributed by atoms with Crippen LogP contribution in [-0.4, -0.2) is 30.4 Å². The zero-order valence-corrected chi connectivity index (χ0v) is 20.4. The number of amides is 2. The molecule has 5 aromatic rings. The molecule has 186 valence electrons. The average Bonchev–Trinajstić information content (AvgIpc) is 3.34. The summed E-state index contributed by atoms with van der Waals surface area (Å²) in [7, 11) is 3.22. The average molecular weight is 495 g/mol. The molecule has 0 bridgehead atoms. The number of carbonyl (C=O) groups excluding carboxylic acids is 1. The number of benzene rings is 4. The van der Waals surface area contributed by atoms with Crippen molar-refractivity contribution in [2.24, 2.45) is 0 Å². The highest BCUT2D eigenvalue weighted by atomic mass is 16.5. The van der Waals surface area contributed by atoms with Crippen LogP contribution in [-0.2, 0) is 6.61 Å². The molecule has 1 aromatic heterocycles. The van der Waals surface area contributed by atoms with E-state index in [1.807, 2.05) is 91.0 Å². The monoisotopic (exact) mass is 494 g/mol. The quantitative estimate of drug-likeness (QED) is 0.230. The Balaban J connectivity index is 1.25. The Bertz CT molecular complexity index is 1490. The van der Waals surface area contributed by atoms with Crippen LogP contribution in [0.4, 0.5) is 16.3 Å². The largest absolute Gasteiger partial charge is 0.497 e. The Kier molecular flexibility index (Phi) is 6.89. The maximum absolute atomic E-state index is 12.7. The van der Waals surface area contributed by atoms with Crippen molar-refractivity contribution < 1.29 is 19.0 Å². The van der Waals surface area contributed by atoms with E-state index in [0.29, 0.717) is 35.4 Å². The number of hydrogen-bond donors (Lipinski definition) is 3. The van der Waals surface area contributed by atoms with Gasteiger partial charge in [0.15, 0.2) is 5.82 Å². The van der Waals surface area contributed by atoms with E-state index in [1.165, 1.54) is 0 Å². The molecule has 0 atom stereocenters. The SMILES string of the molecule is COc1cc(COc2ccc3[nH]nc(NC(=O)Nc4ccc(-c5ccccc5)cc4)c3c2)cc(OC)c1. The molecule has 0 saturated carbocycles. The second-order valence-corrected chi connectivity index (χ2v) is 8.31. The third-order valence-corrected chi connectivity index (χ3v) is 5.83. The molecule has 0 aliphatic heterocycles. The van der Waals surface area contributed by atoms with Crippen molar-refractivity contribution in [1.29, 1.82) is 0 Å². The first-order valence-corrected chi connectivity index (χ1v) is 11.7. The lowest BCUT2D eigenvalue weighted by molar-refractivity contribution is 0.262. The second kappa shape index (κ2) is 10.7. The number of aromatic amines is 1. The van der Waals surface area contributed by atoms with Crippen LogP contribution in [0, 0.1) is 0 Å². The van der Waals surface area contributed by atoms with Crippen molar-refractivity contribution in [2.45, 2.75) is 6.61 Å². The zero-order chi connectivity index (χ0) is 25.6. The number of ether oxygens (including phenoxy) is 3. The summed E-state index contributed by atoms with van der Waals surface area (Å²) in [5.74, 6) is 2.42. The van der Waals surface area contributed by atoms with E-state index in [1.54, 1.807) is 14.2 Å². The maximum atomic E-state index is 12.7. The fraction of sp³-hybridized carbons (Fsp3) is 0.103. The first-order chi connectivity index (χ1) is 18.1. The van der Waals surface area contributed by atoms with E-state index in [9.17, 15) is 4.79 Å². The van der Waals surface area contributed by atoms with Gasteiger partial charge in [0.25, 0.3) is 0 Å². The molecule has 0 fully saturated rings. The summed E-state index contributed by atoms with van der Waals surface area (Å²) in [4.78, 5) is 12.7. The van der Waals surface area contributed by atoms with Gasteiger partial charge in [-0.1, -0.05) is 42.5 Å². The van der Waals surface area contributed by atoms with E-state index in [-0.39, 0.29) is 0 Å². The van der Waals surface area contributed by atoms with Crippen LogP contribution in [0.1, 0.15) is 5.56 Å². The Hall–Kier alpha value is -4.98. The number of rotatable bonds is 8. The molecule has 2 amide bonds. The minimum absolute atomic E-state index is 0.319. The summed E-state index contributed by atoms with van der Waals surface area (Å²) >= 11 is 0. The summed E-state index contributed by atoms with van der Waals surface area (Å²) in [6.45, 7) is 0.319. The summed E-state index contributed by atoms with van der Waals surface area (Å²) < 4.78 is 16.6. The van der Waals surface area contributed by atoms with Gasteiger partial charge < -0.3 is 19.5 Å². The van der Waals surface area contributed by atoms with Gasteiger partial charge in [-0.2, -0.15) is 5.10 Å². The van der Waals surface area contributed by atoms with Crippen LogP contribution < -0.4 is 24.8 Å². The molecule has 3 N–H and O–H groups in total. The van der Waals surface area contributed by atoms with Gasteiger partial charge in [0, 0.05) is 17.1 Å². The maximum Gasteiger partial charge on any atom is 0.324 e. The number of aromatic nitrogens is 2. The zero-order valence-electron chi connectivity index (χ0n) is 20.4. The molecule has 8 nitrogen and oxygen atoms in total. The van der Waals surface area contributed by atoms with Crippen LogP contribution >= 0.6 is 0 Å². The van der Waals surface area contributed by atoms with Crippen LogP contribution in [0.5, 0.6) is 17.2 Å². The summed E-state index contributed by atoms with van der Waals surface area (Å²) in [6.07, 6.45) is 0. The molecule has 0 aliphatic carbocycles. The molecule has 8 heteroatoms. The number of fused-ring (bicyclic) bond motifs is 1. The number of nitrogens with zero attached hydrogens (tertiary/aromatic N) is 1. The normalized spacial score (nSPS) is 10.6. The van der Waals surface area contributed by atoms with E-state index in [2.05, 4.69) is 20.8 Å². The molecule has 0 radical (unpaired) electrons. The van der Waals surface area contributed by atoms with Crippen LogP contribution in [0.15, 0.2) is 91.0 Å². The Labute approximate surface area is 214 Å². The predicted molar refractivity (Wildman–Crippen MR) is 144 cm³/mol. The Morgan fingerprint density at radius 1 is 0.784 bits per heavy atom. The smallest absolute Gasteiger partial charge is 0.324 e. The van der Waals surface area contributed by atoms with Crippen LogP contribution in [0.25, 0.3) is 22.0 Å². The summed E-state index contributed by atoms with van der Waals surface area (Å²) in [5.41, 5.74) is 4.54. The summed E-state index contributed by atoms with van der Waals surface area (Å²) in [6, 6.07) is 28.5. The number of methoxy groups -OCH3 is 2. The molecule has 37 heavy (non-hydrogen) atoms. The minimum Gasteiger partial charge on any atom is -0.497 e. The first kappa shape index (κ1) is 23.7. The number of carbonyl (C=O) groups is 1. The fourth-order valence-electron chi connectivity index (χ4n) is 3.94. The van der Waals surface area contributed by atoms with Gasteiger partial charge in [0.05, 0.1) is 19.7 Å². The first-order valence-electron chi connectivity index (χ1n) is 11.7. The Morgan fingerprint density at radius 2 is 1.49 bits per heavy atom. The molecule has 4 aromatic carbocycles. The van der Waals surface area contributed by atoms with Crippen molar-refractivity contribution >= 4 is 28.4 Å². The molecular weight excluding hydrogens is 468 g/mol. The molecule has 5 rings (SSSR count). The lowest BCUT2D eigenvalue weighted by Crippen LogP contribution is -2.19. The van der Waals surface area contributed by atoms with Gasteiger partial charge in [0.1, 0.15) is 23.9 Å². The van der Waals surface area contributed by atoms with Crippen molar-refractivity contribution in [1.82, 2.24) is 10.2 Å². The standard InChI is InChI=1S/C29H26N4O4/c1-35-24-14-19(15-25(16-24)36-2)18-37-23-12-13-27-26(17-23)28(33-32-27)31-29(34)30-22-10-8-21(9-11-22)20-6-4-3-5-7-20/h3-17H,18H2,1-2H3,(H3,30,31,32,33,34). The number of urea groups is 1. The van der Waals surface area contributed by atoms with E-state index < -0.39 is 6.03 Å². The van der Waals surface area contributed by atoms with Gasteiger partial charge in [-0.05, 0) is 59.2 Å². The van der Waals surface area contributed by atoms with Crippen molar-refractivity contribution in [3.63, 3.8) is 0 Å². The number of nitrogens with one attached hydrogen (secondary N) is 3. The number of anilines is 2. The van der Waals surface area contributed by atoms with Gasteiger partial charge in [-0.3, -0.25) is 10.4 Å². The Morgan fingerprint density at radius 3 is 2.19 bits per heavy atom. The number of hydrogen-bond acceptors (Lipinski definition) is 5. The molecule has 0 saturated heterocycles. The highest BCUT2D eigenvalue weighted by Gasteiger charge is 2.12. The van der Waals surface area contributed by atoms with Gasteiger partial charge in [-0.25, -0.2) is 4.79 Å². The second-order valence-electron chi connectivity index (χ2n) is 8.31. The molecule has 0 unspecified atom stereocenters. The van der Waals surface area contributed by atoms with Gasteiger partial charge in [0.2, 0.25) is 0 Å². The molecule has 0 spiro atoms. The van der Waals surface area contributed by atoms with Crippen LogP contribution in [0.3, 0.4) is 0 Å². The van der Waals surface area contributed by atoms with Crippen LogP contribution in [0.2, 0.25) is 0 Å². The van der Waals surface area contributed by atoms with E-state index in [4.69, 9.17) is 14.2 Å². The third-order valence-electron chi connectivity index (χ3n) is 5.83. The van der Waals surface area contributed by atoms with Crippen molar-refractivity contribution in [3.8, 4) is 28.4 Å². The lowest BCUT2D eigenvalue weighted by Gasteiger charge is -2.10. The van der Waals surface area contributed by atoms with Crippen molar-refractivity contribution in [3.05, 3.63) is 96.6 Å². The highest BCUT2D eigenvalue weighted by molar-refractivity contribution is 6.04. The van der Waals surface area contributed by atoms with E-state index >= 15 is 0 Å². The van der Waals surface area contributed by atoms with E-state index in [0.717, 1.165) is 27.6 Å². The van der Waals surface area contributed by atoms with Gasteiger partial charge in [-0.15, -0.1) is 0 Å². The topological polar surface area (TPSA) is 97.5 Å². The molecule has 0 aliphatic rings. The number of H-pyrrole nitrogens is 1. The third kappa shape index (κ3) is 5.65. The predicted octanol–water partition coefficient (Wildman–Crippen LogP) is 6.47. The fourth-order valence-corrected chi connectivity index (χ4v) is 3.94. The van der Waals surface area contributed by atoms with Gasteiger partial charge >= 0.3 is 6.03 Å². The molecular formula is C29H26N4O4. The molecule has 1 heterocycles.